The number of hydrogen-bond acceptors (Lipinski definition) is 2. The predicted octanol–water partition coefficient (Wildman–Crippen LogP) is 2.53. The maximum atomic E-state index is 11.1. The van der Waals surface area contributed by atoms with Crippen molar-refractivity contribution in [2.45, 2.75) is 39.5 Å². The molecule has 0 aromatic rings. The van der Waals surface area contributed by atoms with E-state index in [1.165, 1.54) is 13.8 Å². The average molecular weight is 252 g/mol. The van der Waals surface area contributed by atoms with Crippen LogP contribution in [0.1, 0.15) is 39.5 Å². The summed E-state index contributed by atoms with van der Waals surface area (Å²) in [5, 5.41) is 0. The molecule has 0 rings (SSSR count). The quantitative estimate of drug-likeness (QED) is 0.592. The van der Waals surface area contributed by atoms with Gasteiger partial charge in [-0.1, -0.05) is 26.0 Å². The molecular formula is C14H24N2O2. The molecular weight excluding hydrogens is 228 g/mol. The summed E-state index contributed by atoms with van der Waals surface area (Å²) in [5.74, 6) is 0.0545. The van der Waals surface area contributed by atoms with Crippen LogP contribution >= 0.6 is 0 Å². The van der Waals surface area contributed by atoms with E-state index < -0.39 is 0 Å². The summed E-state index contributed by atoms with van der Waals surface area (Å²) >= 11 is 0. The van der Waals surface area contributed by atoms with Crippen molar-refractivity contribution in [1.82, 2.24) is 9.80 Å². The summed E-state index contributed by atoms with van der Waals surface area (Å²) < 4.78 is 0. The fraction of sp³-hybridized carbons (Fsp3) is 0.571. The molecule has 0 saturated heterocycles. The zero-order valence-corrected chi connectivity index (χ0v) is 11.5. The Morgan fingerprint density at radius 2 is 1.17 bits per heavy atom. The van der Waals surface area contributed by atoms with Crippen LogP contribution in [0.3, 0.4) is 0 Å². The minimum atomic E-state index is 0.0272. The lowest BCUT2D eigenvalue weighted by Crippen LogP contribution is -2.24. The van der Waals surface area contributed by atoms with Crippen LogP contribution in [-0.4, -0.2) is 34.7 Å². The molecule has 0 N–H and O–H groups in total. The topological polar surface area (TPSA) is 40.6 Å². The number of nitrogens with zero attached hydrogens (tertiary/aromatic N) is 2. The van der Waals surface area contributed by atoms with Crippen molar-refractivity contribution in [3.05, 3.63) is 25.6 Å². The molecule has 0 aromatic carbocycles. The van der Waals surface area contributed by atoms with Gasteiger partial charge in [-0.15, -0.1) is 0 Å². The largest absolute Gasteiger partial charge is 0.320 e. The smallest absolute Gasteiger partial charge is 0.223 e. The Kier molecular flexibility index (Phi) is 8.62. The molecule has 0 aliphatic carbocycles. The van der Waals surface area contributed by atoms with Gasteiger partial charge >= 0.3 is 0 Å². The second-order valence-corrected chi connectivity index (χ2v) is 4.20. The standard InChI is InChI=1S/C14H24N2O2/c1-5-15(13(3)17)11-9-7-8-10-12-16(6-2)14(4)18/h5-6H,1-2,7-12H2,3-4H3. The summed E-state index contributed by atoms with van der Waals surface area (Å²) in [6, 6.07) is 0. The van der Waals surface area contributed by atoms with Crippen LogP contribution in [0, 0.1) is 0 Å². The van der Waals surface area contributed by atoms with E-state index in [4.69, 9.17) is 0 Å². The molecule has 0 unspecified atom stereocenters. The zero-order valence-electron chi connectivity index (χ0n) is 11.5. The van der Waals surface area contributed by atoms with E-state index in [-0.39, 0.29) is 11.8 Å². The third-order valence-corrected chi connectivity index (χ3v) is 2.80. The van der Waals surface area contributed by atoms with E-state index in [0.717, 1.165) is 38.8 Å². The molecule has 0 heterocycles. The van der Waals surface area contributed by atoms with Crippen molar-refractivity contribution in [3.63, 3.8) is 0 Å². The van der Waals surface area contributed by atoms with Crippen LogP contribution in [0.25, 0.3) is 0 Å². The molecule has 0 atom stereocenters. The van der Waals surface area contributed by atoms with Crippen molar-refractivity contribution in [2.75, 3.05) is 13.1 Å². The van der Waals surface area contributed by atoms with Gasteiger partial charge in [-0.3, -0.25) is 9.59 Å². The molecule has 0 aliphatic rings. The number of unbranched alkanes of at least 4 members (excludes halogenated alkanes) is 3. The van der Waals surface area contributed by atoms with Gasteiger partial charge in [0.25, 0.3) is 0 Å². The van der Waals surface area contributed by atoms with Crippen LogP contribution < -0.4 is 0 Å². The number of carbonyl (C=O) groups is 2. The highest BCUT2D eigenvalue weighted by Crippen LogP contribution is 2.04. The van der Waals surface area contributed by atoms with Crippen molar-refractivity contribution in [2.24, 2.45) is 0 Å². The highest BCUT2D eigenvalue weighted by molar-refractivity contribution is 5.74. The Morgan fingerprint density at radius 1 is 0.833 bits per heavy atom. The molecule has 0 aromatic heterocycles. The van der Waals surface area contributed by atoms with Gasteiger partial charge < -0.3 is 9.80 Å². The SMILES string of the molecule is C=CN(CCCCCCN(C=C)C(C)=O)C(C)=O. The van der Waals surface area contributed by atoms with Crippen LogP contribution in [0.2, 0.25) is 0 Å². The van der Waals surface area contributed by atoms with E-state index in [1.807, 2.05) is 0 Å². The summed E-state index contributed by atoms with van der Waals surface area (Å²) in [6.45, 7) is 11.7. The summed E-state index contributed by atoms with van der Waals surface area (Å²) in [7, 11) is 0. The maximum absolute atomic E-state index is 11.1. The van der Waals surface area contributed by atoms with E-state index >= 15 is 0 Å². The molecule has 2 amide bonds. The Labute approximate surface area is 110 Å². The van der Waals surface area contributed by atoms with Gasteiger partial charge in [0.05, 0.1) is 0 Å². The van der Waals surface area contributed by atoms with Crippen molar-refractivity contribution in [3.8, 4) is 0 Å². The van der Waals surface area contributed by atoms with Gasteiger partial charge in [0, 0.05) is 26.9 Å². The fourth-order valence-corrected chi connectivity index (χ4v) is 1.67. The first-order valence-electron chi connectivity index (χ1n) is 6.32. The molecule has 4 heteroatoms. The lowest BCUT2D eigenvalue weighted by Gasteiger charge is -2.16. The molecule has 0 radical (unpaired) electrons. The Hall–Kier alpha value is -1.58. The Bertz CT molecular complexity index is 270. The van der Waals surface area contributed by atoms with E-state index in [2.05, 4.69) is 13.2 Å². The molecule has 4 nitrogen and oxygen atoms in total. The first-order valence-corrected chi connectivity index (χ1v) is 6.32. The van der Waals surface area contributed by atoms with Gasteiger partial charge in [-0.05, 0) is 25.2 Å². The summed E-state index contributed by atoms with van der Waals surface area (Å²) in [4.78, 5) is 25.4. The minimum Gasteiger partial charge on any atom is -0.320 e. The Balaban J connectivity index is 3.62. The molecule has 0 saturated carbocycles. The Morgan fingerprint density at radius 3 is 1.39 bits per heavy atom. The fourth-order valence-electron chi connectivity index (χ4n) is 1.67. The van der Waals surface area contributed by atoms with Crippen LogP contribution in [0.5, 0.6) is 0 Å². The van der Waals surface area contributed by atoms with Gasteiger partial charge in [-0.25, -0.2) is 0 Å². The number of rotatable bonds is 9. The first-order chi connectivity index (χ1) is 8.52. The third-order valence-electron chi connectivity index (χ3n) is 2.80. The van der Waals surface area contributed by atoms with Crippen molar-refractivity contribution in [1.29, 1.82) is 0 Å². The van der Waals surface area contributed by atoms with Crippen molar-refractivity contribution < 1.29 is 9.59 Å². The summed E-state index contributed by atoms with van der Waals surface area (Å²) in [5.41, 5.74) is 0. The normalized spacial score (nSPS) is 9.67. The average Bonchev–Trinajstić information content (AvgIpc) is 2.32. The van der Waals surface area contributed by atoms with Gasteiger partial charge in [0.2, 0.25) is 11.8 Å². The van der Waals surface area contributed by atoms with E-state index in [0.29, 0.717) is 0 Å². The number of hydrogen-bond donors (Lipinski definition) is 0. The molecule has 0 spiro atoms. The van der Waals surface area contributed by atoms with Crippen LogP contribution in [0.15, 0.2) is 25.6 Å². The molecule has 0 aliphatic heterocycles. The second kappa shape index (κ2) is 9.45. The van der Waals surface area contributed by atoms with Gasteiger partial charge in [0.1, 0.15) is 0 Å². The number of amides is 2. The van der Waals surface area contributed by atoms with E-state index in [9.17, 15) is 9.59 Å². The maximum Gasteiger partial charge on any atom is 0.223 e. The minimum absolute atomic E-state index is 0.0272. The zero-order chi connectivity index (χ0) is 14.0. The lowest BCUT2D eigenvalue weighted by molar-refractivity contribution is -0.127. The molecule has 0 fully saturated rings. The third kappa shape index (κ3) is 6.89. The number of carbonyl (C=O) groups excluding carboxylic acids is 2. The van der Waals surface area contributed by atoms with Crippen LogP contribution in [0.4, 0.5) is 0 Å². The summed E-state index contributed by atoms with van der Waals surface area (Å²) in [6.07, 6.45) is 7.13. The van der Waals surface area contributed by atoms with E-state index in [1.54, 1.807) is 22.2 Å². The monoisotopic (exact) mass is 252 g/mol. The highest BCUT2D eigenvalue weighted by atomic mass is 16.2. The van der Waals surface area contributed by atoms with Crippen LogP contribution in [-0.2, 0) is 9.59 Å². The van der Waals surface area contributed by atoms with Gasteiger partial charge in [0.15, 0.2) is 0 Å². The highest BCUT2D eigenvalue weighted by Gasteiger charge is 2.04. The predicted molar refractivity (Wildman–Crippen MR) is 73.6 cm³/mol. The van der Waals surface area contributed by atoms with Crippen molar-refractivity contribution >= 4 is 11.8 Å². The molecule has 0 bridgehead atoms. The first kappa shape index (κ1) is 16.4. The molecule has 18 heavy (non-hydrogen) atoms. The lowest BCUT2D eigenvalue weighted by atomic mass is 10.2. The molecule has 102 valence electrons. The van der Waals surface area contributed by atoms with Gasteiger partial charge in [-0.2, -0.15) is 0 Å². The second-order valence-electron chi connectivity index (χ2n) is 4.20.